The first-order valence-corrected chi connectivity index (χ1v) is 6.42. The van der Waals surface area contributed by atoms with E-state index in [9.17, 15) is 4.79 Å². The molecule has 4 N–H and O–H groups in total. The van der Waals surface area contributed by atoms with E-state index in [1.54, 1.807) is 12.1 Å². The lowest BCUT2D eigenvalue weighted by molar-refractivity contribution is 0.252. The van der Waals surface area contributed by atoms with Crippen LogP contribution >= 0.6 is 31.9 Å². The number of hydrogen-bond acceptors (Lipinski definition) is 2. The molecule has 0 spiro atoms. The standard InChI is InChI=1S/C10H13Br2N3O/c1-2-3-14-10(16)15-9-7(11)4-6(13)5-8(9)12/h4-5H,2-3,13H2,1H3,(H2,14,15,16). The zero-order valence-corrected chi connectivity index (χ0v) is 12.0. The number of benzene rings is 1. The monoisotopic (exact) mass is 349 g/mol. The Morgan fingerprint density at radius 3 is 2.44 bits per heavy atom. The second kappa shape index (κ2) is 6.10. The van der Waals surface area contributed by atoms with Gasteiger partial charge in [0.1, 0.15) is 0 Å². The first kappa shape index (κ1) is 13.3. The summed E-state index contributed by atoms with van der Waals surface area (Å²) in [7, 11) is 0. The van der Waals surface area contributed by atoms with Crippen LogP contribution in [0.2, 0.25) is 0 Å². The summed E-state index contributed by atoms with van der Waals surface area (Å²) in [5.41, 5.74) is 6.94. The molecular formula is C10H13Br2N3O. The van der Waals surface area contributed by atoms with Gasteiger partial charge in [0.15, 0.2) is 0 Å². The summed E-state index contributed by atoms with van der Waals surface area (Å²) in [6.45, 7) is 2.64. The van der Waals surface area contributed by atoms with E-state index in [-0.39, 0.29) is 6.03 Å². The summed E-state index contributed by atoms with van der Waals surface area (Å²) < 4.78 is 1.48. The number of hydrogen-bond donors (Lipinski definition) is 3. The van der Waals surface area contributed by atoms with Gasteiger partial charge in [0.2, 0.25) is 0 Å². The molecule has 0 radical (unpaired) electrons. The molecule has 0 aliphatic heterocycles. The van der Waals surface area contributed by atoms with Crippen molar-refractivity contribution in [3.05, 3.63) is 21.1 Å². The number of urea groups is 1. The SMILES string of the molecule is CCCNC(=O)Nc1c(Br)cc(N)cc1Br. The normalized spacial score (nSPS) is 9.94. The van der Waals surface area contributed by atoms with Gasteiger partial charge in [0.05, 0.1) is 5.69 Å². The molecule has 0 aliphatic carbocycles. The second-order valence-corrected chi connectivity index (χ2v) is 4.95. The van der Waals surface area contributed by atoms with Crippen LogP contribution in [0.1, 0.15) is 13.3 Å². The quantitative estimate of drug-likeness (QED) is 0.732. The Balaban J connectivity index is 2.77. The summed E-state index contributed by atoms with van der Waals surface area (Å²) in [4.78, 5) is 11.5. The molecule has 0 bridgehead atoms. The van der Waals surface area contributed by atoms with Gasteiger partial charge in [-0.05, 0) is 50.4 Å². The van der Waals surface area contributed by atoms with Crippen LogP contribution in [-0.4, -0.2) is 12.6 Å². The van der Waals surface area contributed by atoms with Crippen molar-refractivity contribution in [3.8, 4) is 0 Å². The highest BCUT2D eigenvalue weighted by molar-refractivity contribution is 9.11. The topological polar surface area (TPSA) is 67.2 Å². The number of nitrogen functional groups attached to an aromatic ring is 1. The average Bonchev–Trinajstić information content (AvgIpc) is 2.20. The second-order valence-electron chi connectivity index (χ2n) is 3.24. The predicted molar refractivity (Wildman–Crippen MR) is 73.6 cm³/mol. The minimum atomic E-state index is -0.229. The zero-order chi connectivity index (χ0) is 12.1. The molecule has 0 fully saturated rings. The molecule has 4 nitrogen and oxygen atoms in total. The fourth-order valence-corrected chi connectivity index (χ4v) is 2.53. The number of nitrogens with two attached hydrogens (primary N) is 1. The molecule has 1 aromatic carbocycles. The summed E-state index contributed by atoms with van der Waals surface area (Å²) >= 11 is 6.68. The van der Waals surface area contributed by atoms with Gasteiger partial charge in [-0.3, -0.25) is 0 Å². The summed E-state index contributed by atoms with van der Waals surface area (Å²) in [5.74, 6) is 0. The summed E-state index contributed by atoms with van der Waals surface area (Å²) in [6.07, 6.45) is 0.900. The van der Waals surface area contributed by atoms with Crippen molar-refractivity contribution < 1.29 is 4.79 Å². The minimum Gasteiger partial charge on any atom is -0.399 e. The lowest BCUT2D eigenvalue weighted by Gasteiger charge is -2.11. The third kappa shape index (κ3) is 3.68. The Morgan fingerprint density at radius 1 is 1.38 bits per heavy atom. The molecule has 0 atom stereocenters. The van der Waals surface area contributed by atoms with E-state index in [0.29, 0.717) is 17.9 Å². The Bertz CT molecular complexity index is 373. The number of halogens is 2. The van der Waals surface area contributed by atoms with E-state index < -0.39 is 0 Å². The number of nitrogens with one attached hydrogen (secondary N) is 2. The van der Waals surface area contributed by atoms with Crippen LogP contribution in [0.5, 0.6) is 0 Å². The molecular weight excluding hydrogens is 338 g/mol. The molecule has 2 amide bonds. The van der Waals surface area contributed by atoms with Gasteiger partial charge in [0.25, 0.3) is 0 Å². The first-order chi connectivity index (χ1) is 7.54. The van der Waals surface area contributed by atoms with E-state index in [1.807, 2.05) is 6.92 Å². The summed E-state index contributed by atoms with van der Waals surface area (Å²) in [6, 6.07) is 3.24. The maximum atomic E-state index is 11.5. The molecule has 88 valence electrons. The maximum Gasteiger partial charge on any atom is 0.319 e. The van der Waals surface area contributed by atoms with Gasteiger partial charge in [-0.15, -0.1) is 0 Å². The number of rotatable bonds is 3. The molecule has 16 heavy (non-hydrogen) atoms. The van der Waals surface area contributed by atoms with Gasteiger partial charge < -0.3 is 16.4 Å². The van der Waals surface area contributed by atoms with E-state index in [1.165, 1.54) is 0 Å². The van der Waals surface area contributed by atoms with Crippen LogP contribution in [0.4, 0.5) is 16.2 Å². The van der Waals surface area contributed by atoms with Gasteiger partial charge in [0, 0.05) is 21.2 Å². The molecule has 0 aromatic heterocycles. The van der Waals surface area contributed by atoms with Crippen molar-refractivity contribution in [1.29, 1.82) is 0 Å². The minimum absolute atomic E-state index is 0.229. The Kier molecular flexibility index (Phi) is 5.08. The van der Waals surface area contributed by atoms with Crippen molar-refractivity contribution in [2.24, 2.45) is 0 Å². The summed E-state index contributed by atoms with van der Waals surface area (Å²) in [5, 5.41) is 5.47. The smallest absolute Gasteiger partial charge is 0.319 e. The highest BCUT2D eigenvalue weighted by Crippen LogP contribution is 2.33. The zero-order valence-electron chi connectivity index (χ0n) is 8.81. The first-order valence-electron chi connectivity index (χ1n) is 4.84. The number of carbonyl (C=O) groups is 1. The van der Waals surface area contributed by atoms with E-state index in [4.69, 9.17) is 5.73 Å². The fourth-order valence-electron chi connectivity index (χ4n) is 1.11. The lowest BCUT2D eigenvalue weighted by atomic mass is 10.3. The van der Waals surface area contributed by atoms with Crippen molar-refractivity contribution in [3.63, 3.8) is 0 Å². The maximum absolute atomic E-state index is 11.5. The number of amides is 2. The lowest BCUT2D eigenvalue weighted by Crippen LogP contribution is -2.29. The highest BCUT2D eigenvalue weighted by Gasteiger charge is 2.09. The van der Waals surface area contributed by atoms with Crippen molar-refractivity contribution in [1.82, 2.24) is 5.32 Å². The molecule has 0 saturated carbocycles. The van der Waals surface area contributed by atoms with Crippen LogP contribution in [0.25, 0.3) is 0 Å². The van der Waals surface area contributed by atoms with Crippen LogP contribution in [-0.2, 0) is 0 Å². The predicted octanol–water partition coefficient (Wildman–Crippen LogP) is 3.33. The van der Waals surface area contributed by atoms with Crippen LogP contribution in [0.3, 0.4) is 0 Å². The molecule has 0 heterocycles. The van der Waals surface area contributed by atoms with Crippen molar-refractivity contribution in [2.45, 2.75) is 13.3 Å². The van der Waals surface area contributed by atoms with E-state index in [2.05, 4.69) is 42.5 Å². The van der Waals surface area contributed by atoms with Crippen LogP contribution < -0.4 is 16.4 Å². The number of carbonyl (C=O) groups excluding carboxylic acids is 1. The average molecular weight is 351 g/mol. The molecule has 0 aliphatic rings. The molecule has 1 aromatic rings. The fraction of sp³-hybridized carbons (Fsp3) is 0.300. The Hall–Kier alpha value is -0.750. The van der Waals surface area contributed by atoms with Gasteiger partial charge in [-0.2, -0.15) is 0 Å². The third-order valence-corrected chi connectivity index (χ3v) is 3.09. The van der Waals surface area contributed by atoms with Crippen molar-refractivity contribution in [2.75, 3.05) is 17.6 Å². The van der Waals surface area contributed by atoms with Crippen LogP contribution in [0, 0.1) is 0 Å². The van der Waals surface area contributed by atoms with Gasteiger partial charge >= 0.3 is 6.03 Å². The number of anilines is 2. The largest absolute Gasteiger partial charge is 0.399 e. The van der Waals surface area contributed by atoms with Crippen molar-refractivity contribution >= 4 is 49.3 Å². The third-order valence-electron chi connectivity index (χ3n) is 1.84. The Labute approximate surface area is 111 Å². The molecule has 0 saturated heterocycles. The molecule has 1 rings (SSSR count). The van der Waals surface area contributed by atoms with E-state index >= 15 is 0 Å². The van der Waals surface area contributed by atoms with E-state index in [0.717, 1.165) is 15.4 Å². The molecule has 0 unspecified atom stereocenters. The van der Waals surface area contributed by atoms with Gasteiger partial charge in [-0.25, -0.2) is 4.79 Å². The van der Waals surface area contributed by atoms with Crippen LogP contribution in [0.15, 0.2) is 21.1 Å². The molecule has 6 heteroatoms. The van der Waals surface area contributed by atoms with Gasteiger partial charge in [-0.1, -0.05) is 6.92 Å². The highest BCUT2D eigenvalue weighted by atomic mass is 79.9. The Morgan fingerprint density at radius 2 is 1.94 bits per heavy atom.